The number of anilines is 1. The molecule has 1 unspecified atom stereocenters. The number of hydrogen-bond donors (Lipinski definition) is 1. The zero-order valence-electron chi connectivity index (χ0n) is 13.2. The van der Waals surface area contributed by atoms with Gasteiger partial charge in [0, 0.05) is 18.8 Å². The van der Waals surface area contributed by atoms with Gasteiger partial charge in [-0.1, -0.05) is 13.0 Å². The third kappa shape index (κ3) is 3.22. The Morgan fingerprint density at radius 3 is 2.71 bits per heavy atom. The highest BCUT2D eigenvalue weighted by atomic mass is 16.2. The fourth-order valence-electron chi connectivity index (χ4n) is 3.48. The summed E-state index contributed by atoms with van der Waals surface area (Å²) in [5.74, 6) is 0.997. The van der Waals surface area contributed by atoms with Gasteiger partial charge in [-0.15, -0.1) is 0 Å². The summed E-state index contributed by atoms with van der Waals surface area (Å²) in [6.07, 6.45) is 5.92. The quantitative estimate of drug-likeness (QED) is 0.925. The molecule has 1 fully saturated rings. The number of amides is 1. The van der Waals surface area contributed by atoms with Gasteiger partial charge in [-0.05, 0) is 68.2 Å². The number of rotatable bonds is 3. The molecule has 1 amide bonds. The molecule has 1 aliphatic heterocycles. The number of nitrogens with one attached hydrogen (secondary N) is 1. The van der Waals surface area contributed by atoms with Crippen LogP contribution in [0.1, 0.15) is 44.2 Å². The largest absolute Gasteiger partial charge is 0.374 e. The molecule has 0 bridgehead atoms. The summed E-state index contributed by atoms with van der Waals surface area (Å²) in [6, 6.07) is 6.42. The van der Waals surface area contributed by atoms with E-state index in [1.54, 1.807) is 0 Å². The maximum absolute atomic E-state index is 12.5. The molecule has 1 aromatic rings. The second-order valence-corrected chi connectivity index (χ2v) is 6.71. The highest BCUT2D eigenvalue weighted by Crippen LogP contribution is 2.25. The van der Waals surface area contributed by atoms with Gasteiger partial charge in [-0.25, -0.2) is 0 Å². The zero-order chi connectivity index (χ0) is 14.8. The molecule has 0 spiro atoms. The fourth-order valence-corrected chi connectivity index (χ4v) is 3.48. The number of hydrogen-bond acceptors (Lipinski definition) is 2. The van der Waals surface area contributed by atoms with E-state index in [4.69, 9.17) is 0 Å². The van der Waals surface area contributed by atoms with Crippen LogP contribution in [-0.2, 0) is 17.6 Å². The van der Waals surface area contributed by atoms with E-state index in [-0.39, 0.29) is 11.9 Å². The molecule has 3 rings (SSSR count). The summed E-state index contributed by atoms with van der Waals surface area (Å²) in [7, 11) is 0. The molecule has 114 valence electrons. The topological polar surface area (TPSA) is 32.3 Å². The zero-order valence-corrected chi connectivity index (χ0v) is 13.2. The molecule has 2 aliphatic rings. The second-order valence-electron chi connectivity index (χ2n) is 6.71. The summed E-state index contributed by atoms with van der Waals surface area (Å²) in [6.45, 7) is 6.08. The van der Waals surface area contributed by atoms with Crippen molar-refractivity contribution in [1.82, 2.24) is 4.90 Å². The lowest BCUT2D eigenvalue weighted by Gasteiger charge is -2.32. The predicted molar refractivity (Wildman–Crippen MR) is 86.5 cm³/mol. The van der Waals surface area contributed by atoms with E-state index in [9.17, 15) is 4.79 Å². The van der Waals surface area contributed by atoms with Gasteiger partial charge in [0.1, 0.15) is 6.04 Å². The van der Waals surface area contributed by atoms with E-state index in [0.29, 0.717) is 0 Å². The molecule has 1 saturated heterocycles. The highest BCUT2D eigenvalue weighted by Gasteiger charge is 2.24. The summed E-state index contributed by atoms with van der Waals surface area (Å²) < 4.78 is 0. The number of nitrogens with zero attached hydrogens (tertiary/aromatic N) is 1. The van der Waals surface area contributed by atoms with Gasteiger partial charge in [-0.2, -0.15) is 0 Å². The SMILES string of the molecule is CC1CCN(C(=O)C(C)Nc2ccc3c(c2)CCC3)CC1. The van der Waals surface area contributed by atoms with E-state index in [0.717, 1.165) is 37.5 Å². The molecule has 0 radical (unpaired) electrons. The molecule has 0 aromatic heterocycles. The van der Waals surface area contributed by atoms with Gasteiger partial charge in [0.15, 0.2) is 0 Å². The number of aryl methyl sites for hydroxylation is 2. The van der Waals surface area contributed by atoms with Crippen molar-refractivity contribution in [3.8, 4) is 0 Å². The molecular formula is C18H26N2O. The molecule has 1 aromatic carbocycles. The number of carbonyl (C=O) groups excluding carboxylic acids is 1. The number of piperidine rings is 1. The van der Waals surface area contributed by atoms with Crippen LogP contribution in [0.15, 0.2) is 18.2 Å². The first-order chi connectivity index (χ1) is 10.1. The van der Waals surface area contributed by atoms with Gasteiger partial charge >= 0.3 is 0 Å². The fraction of sp³-hybridized carbons (Fsp3) is 0.611. The molecule has 1 aliphatic carbocycles. The van der Waals surface area contributed by atoms with Crippen LogP contribution in [0.4, 0.5) is 5.69 Å². The molecular weight excluding hydrogens is 260 g/mol. The average molecular weight is 286 g/mol. The van der Waals surface area contributed by atoms with Crippen LogP contribution in [0.3, 0.4) is 0 Å². The lowest BCUT2D eigenvalue weighted by molar-refractivity contribution is -0.132. The summed E-state index contributed by atoms with van der Waals surface area (Å²) in [5.41, 5.74) is 4.01. The summed E-state index contributed by atoms with van der Waals surface area (Å²) in [4.78, 5) is 14.5. The molecule has 3 heteroatoms. The molecule has 1 heterocycles. The van der Waals surface area contributed by atoms with Crippen LogP contribution in [0.25, 0.3) is 0 Å². The van der Waals surface area contributed by atoms with E-state index in [1.165, 1.54) is 30.4 Å². The van der Waals surface area contributed by atoms with Gasteiger partial charge in [0.25, 0.3) is 0 Å². The van der Waals surface area contributed by atoms with Gasteiger partial charge in [0.05, 0.1) is 0 Å². The predicted octanol–water partition coefficient (Wildman–Crippen LogP) is 3.23. The Hall–Kier alpha value is -1.51. The number of carbonyl (C=O) groups is 1. The van der Waals surface area contributed by atoms with Crippen molar-refractivity contribution < 1.29 is 4.79 Å². The van der Waals surface area contributed by atoms with Gasteiger partial charge in [-0.3, -0.25) is 4.79 Å². The highest BCUT2D eigenvalue weighted by molar-refractivity contribution is 5.84. The minimum atomic E-state index is -0.141. The Bertz CT molecular complexity index is 518. The molecule has 21 heavy (non-hydrogen) atoms. The van der Waals surface area contributed by atoms with Crippen LogP contribution in [0.5, 0.6) is 0 Å². The van der Waals surface area contributed by atoms with Crippen LogP contribution < -0.4 is 5.32 Å². The van der Waals surface area contributed by atoms with Crippen molar-refractivity contribution in [1.29, 1.82) is 0 Å². The minimum Gasteiger partial charge on any atom is -0.374 e. The number of fused-ring (bicyclic) bond motifs is 1. The maximum Gasteiger partial charge on any atom is 0.244 e. The van der Waals surface area contributed by atoms with E-state index in [2.05, 4.69) is 30.4 Å². The normalized spacial score (nSPS) is 20.2. The Labute approximate surface area is 127 Å². The molecule has 0 saturated carbocycles. The van der Waals surface area contributed by atoms with Crippen molar-refractivity contribution in [3.05, 3.63) is 29.3 Å². The van der Waals surface area contributed by atoms with Crippen LogP contribution in [0, 0.1) is 5.92 Å². The maximum atomic E-state index is 12.5. The van der Waals surface area contributed by atoms with Crippen LogP contribution in [0.2, 0.25) is 0 Å². The third-order valence-electron chi connectivity index (χ3n) is 4.95. The Balaban J connectivity index is 1.60. The first kappa shape index (κ1) is 14.4. The Morgan fingerprint density at radius 1 is 1.24 bits per heavy atom. The van der Waals surface area contributed by atoms with E-state index < -0.39 is 0 Å². The van der Waals surface area contributed by atoms with Crippen molar-refractivity contribution >= 4 is 11.6 Å². The van der Waals surface area contributed by atoms with Crippen molar-refractivity contribution in [2.24, 2.45) is 5.92 Å². The summed E-state index contributed by atoms with van der Waals surface area (Å²) >= 11 is 0. The Kier molecular flexibility index (Phi) is 4.18. The van der Waals surface area contributed by atoms with Crippen molar-refractivity contribution in [2.75, 3.05) is 18.4 Å². The first-order valence-corrected chi connectivity index (χ1v) is 8.30. The van der Waals surface area contributed by atoms with Crippen molar-refractivity contribution in [3.63, 3.8) is 0 Å². The van der Waals surface area contributed by atoms with E-state index in [1.807, 2.05) is 11.8 Å². The smallest absolute Gasteiger partial charge is 0.244 e. The summed E-state index contributed by atoms with van der Waals surface area (Å²) in [5, 5.41) is 3.39. The second kappa shape index (κ2) is 6.08. The lowest BCUT2D eigenvalue weighted by Crippen LogP contribution is -2.45. The number of benzene rings is 1. The van der Waals surface area contributed by atoms with Crippen LogP contribution >= 0.6 is 0 Å². The molecule has 3 nitrogen and oxygen atoms in total. The third-order valence-corrected chi connectivity index (χ3v) is 4.95. The molecule has 1 atom stereocenters. The lowest BCUT2D eigenvalue weighted by atomic mass is 9.99. The van der Waals surface area contributed by atoms with Crippen LogP contribution in [-0.4, -0.2) is 29.9 Å². The van der Waals surface area contributed by atoms with Gasteiger partial charge < -0.3 is 10.2 Å². The van der Waals surface area contributed by atoms with E-state index >= 15 is 0 Å². The monoisotopic (exact) mass is 286 g/mol. The minimum absolute atomic E-state index is 0.141. The first-order valence-electron chi connectivity index (χ1n) is 8.30. The Morgan fingerprint density at radius 2 is 1.95 bits per heavy atom. The molecule has 1 N–H and O–H groups in total. The van der Waals surface area contributed by atoms with Gasteiger partial charge in [0.2, 0.25) is 5.91 Å². The number of likely N-dealkylation sites (tertiary alicyclic amines) is 1. The standard InChI is InChI=1S/C18H26N2O/c1-13-8-10-20(11-9-13)18(21)14(2)19-17-7-6-15-4-3-5-16(15)12-17/h6-7,12-14,19H,3-5,8-11H2,1-2H3. The average Bonchev–Trinajstić information content (AvgIpc) is 2.95. The van der Waals surface area contributed by atoms with Crippen molar-refractivity contribution in [2.45, 2.75) is 52.0 Å².